The number of rotatable bonds is 5. The smallest absolute Gasteiger partial charge is 0.328 e. The van der Waals surface area contributed by atoms with Crippen LogP contribution in [0.4, 0.5) is 0 Å². The van der Waals surface area contributed by atoms with Crippen LogP contribution >= 0.6 is 0 Å². The van der Waals surface area contributed by atoms with Crippen LogP contribution in [0.5, 0.6) is 0 Å². The van der Waals surface area contributed by atoms with E-state index in [2.05, 4.69) is 0 Å². The van der Waals surface area contributed by atoms with Crippen LogP contribution in [0.2, 0.25) is 0 Å². The van der Waals surface area contributed by atoms with Crippen LogP contribution in [0.1, 0.15) is 37.0 Å². The fourth-order valence-electron chi connectivity index (χ4n) is 1.44. The lowest BCUT2D eigenvalue weighted by Crippen LogP contribution is -1.96. The molecule has 0 aliphatic rings. The van der Waals surface area contributed by atoms with Crippen molar-refractivity contribution in [2.75, 3.05) is 0 Å². The number of aliphatic carboxylic acids is 1. The summed E-state index contributed by atoms with van der Waals surface area (Å²) in [4.78, 5) is 10.3. The van der Waals surface area contributed by atoms with E-state index in [-0.39, 0.29) is 0 Å². The van der Waals surface area contributed by atoms with E-state index in [4.69, 9.17) is 5.11 Å². The van der Waals surface area contributed by atoms with Gasteiger partial charge in [0.2, 0.25) is 0 Å². The molecule has 0 aliphatic heterocycles. The number of hydrogen-bond donors (Lipinski definition) is 2. The number of carboxylic acids is 1. The van der Waals surface area contributed by atoms with E-state index >= 15 is 0 Å². The van der Waals surface area contributed by atoms with Gasteiger partial charge in [0.25, 0.3) is 0 Å². The Balaban J connectivity index is 2.71. The Morgan fingerprint density at radius 1 is 1.38 bits per heavy atom. The molecule has 0 aromatic heterocycles. The summed E-state index contributed by atoms with van der Waals surface area (Å²) in [5.41, 5.74) is 1.68. The number of aliphatic hydroxyl groups excluding tert-OH is 1. The van der Waals surface area contributed by atoms with Gasteiger partial charge in [-0.25, -0.2) is 4.79 Å². The van der Waals surface area contributed by atoms with Gasteiger partial charge >= 0.3 is 5.97 Å². The minimum Gasteiger partial charge on any atom is -0.478 e. The average Bonchev–Trinajstić information content (AvgIpc) is 2.27. The Kier molecular flexibility index (Phi) is 4.73. The highest BCUT2D eigenvalue weighted by Crippen LogP contribution is 2.18. The SMILES string of the molecule is CCCC(O)c1ccc(/C=C/C(=O)O)cc1. The van der Waals surface area contributed by atoms with Crippen LogP contribution in [-0.2, 0) is 4.79 Å². The first-order chi connectivity index (χ1) is 7.63. The highest BCUT2D eigenvalue weighted by Gasteiger charge is 2.04. The van der Waals surface area contributed by atoms with E-state index in [1.54, 1.807) is 12.1 Å². The second-order valence-corrected chi connectivity index (χ2v) is 3.64. The molecule has 0 bridgehead atoms. The van der Waals surface area contributed by atoms with Gasteiger partial charge in [-0.1, -0.05) is 37.6 Å². The molecule has 0 fully saturated rings. The predicted molar refractivity (Wildman–Crippen MR) is 63.0 cm³/mol. The molecule has 1 aromatic rings. The lowest BCUT2D eigenvalue weighted by Gasteiger charge is -2.09. The summed E-state index contributed by atoms with van der Waals surface area (Å²) in [7, 11) is 0. The van der Waals surface area contributed by atoms with Gasteiger partial charge in [-0.05, 0) is 23.6 Å². The summed E-state index contributed by atoms with van der Waals surface area (Å²) >= 11 is 0. The lowest BCUT2D eigenvalue weighted by molar-refractivity contribution is -0.131. The zero-order chi connectivity index (χ0) is 12.0. The second-order valence-electron chi connectivity index (χ2n) is 3.64. The number of hydrogen-bond acceptors (Lipinski definition) is 2. The van der Waals surface area contributed by atoms with Gasteiger partial charge in [0.1, 0.15) is 0 Å². The van der Waals surface area contributed by atoms with E-state index in [1.165, 1.54) is 6.08 Å². The molecular formula is C13H16O3. The molecule has 0 amide bonds. The van der Waals surface area contributed by atoms with Gasteiger partial charge in [-0.2, -0.15) is 0 Å². The molecular weight excluding hydrogens is 204 g/mol. The van der Waals surface area contributed by atoms with Crippen LogP contribution in [0.25, 0.3) is 6.08 Å². The first kappa shape index (κ1) is 12.5. The number of carboxylic acid groups (broad SMARTS) is 1. The molecule has 86 valence electrons. The molecule has 0 radical (unpaired) electrons. The summed E-state index contributed by atoms with van der Waals surface area (Å²) in [5.74, 6) is -0.963. The fourth-order valence-corrected chi connectivity index (χ4v) is 1.44. The highest BCUT2D eigenvalue weighted by atomic mass is 16.4. The van der Waals surface area contributed by atoms with Gasteiger partial charge in [-0.3, -0.25) is 0 Å². The normalized spacial score (nSPS) is 12.9. The molecule has 0 heterocycles. The van der Waals surface area contributed by atoms with Crippen LogP contribution in [0.3, 0.4) is 0 Å². The zero-order valence-corrected chi connectivity index (χ0v) is 9.26. The van der Waals surface area contributed by atoms with Crippen molar-refractivity contribution in [3.05, 3.63) is 41.5 Å². The Labute approximate surface area is 95.0 Å². The minimum atomic E-state index is -0.963. The molecule has 0 spiro atoms. The Hall–Kier alpha value is -1.61. The summed E-state index contributed by atoms with van der Waals surface area (Å²) in [6.07, 6.45) is 3.87. The van der Waals surface area contributed by atoms with E-state index in [0.29, 0.717) is 0 Å². The van der Waals surface area contributed by atoms with Crippen molar-refractivity contribution in [3.63, 3.8) is 0 Å². The van der Waals surface area contributed by atoms with Crippen molar-refractivity contribution in [3.8, 4) is 0 Å². The quantitative estimate of drug-likeness (QED) is 0.750. The molecule has 3 nitrogen and oxygen atoms in total. The molecule has 0 saturated carbocycles. The van der Waals surface area contributed by atoms with E-state index in [1.807, 2.05) is 19.1 Å². The van der Waals surface area contributed by atoms with Crippen LogP contribution in [0, 0.1) is 0 Å². The summed E-state index contributed by atoms with van der Waals surface area (Å²) in [6, 6.07) is 7.24. The average molecular weight is 220 g/mol. The van der Waals surface area contributed by atoms with Crippen molar-refractivity contribution in [2.24, 2.45) is 0 Å². The number of benzene rings is 1. The first-order valence-corrected chi connectivity index (χ1v) is 5.32. The Bertz CT molecular complexity index is 365. The maximum absolute atomic E-state index is 10.3. The Morgan fingerprint density at radius 2 is 2.00 bits per heavy atom. The minimum absolute atomic E-state index is 0.428. The highest BCUT2D eigenvalue weighted by molar-refractivity contribution is 5.85. The fraction of sp³-hybridized carbons (Fsp3) is 0.308. The summed E-state index contributed by atoms with van der Waals surface area (Å²) in [5, 5.41) is 18.2. The molecule has 1 atom stereocenters. The molecule has 16 heavy (non-hydrogen) atoms. The van der Waals surface area contributed by atoms with Crippen LogP contribution in [0.15, 0.2) is 30.3 Å². The van der Waals surface area contributed by atoms with Gasteiger partial charge < -0.3 is 10.2 Å². The third-order valence-electron chi connectivity index (χ3n) is 2.30. The largest absolute Gasteiger partial charge is 0.478 e. The van der Waals surface area contributed by atoms with Crippen LogP contribution < -0.4 is 0 Å². The topological polar surface area (TPSA) is 57.5 Å². The van der Waals surface area contributed by atoms with Gasteiger partial charge in [0.15, 0.2) is 0 Å². The molecule has 0 aliphatic carbocycles. The lowest BCUT2D eigenvalue weighted by atomic mass is 10.0. The van der Waals surface area contributed by atoms with Crippen molar-refractivity contribution in [1.82, 2.24) is 0 Å². The second kappa shape index (κ2) is 6.08. The number of aliphatic hydroxyl groups is 1. The van der Waals surface area contributed by atoms with E-state index < -0.39 is 12.1 Å². The Morgan fingerprint density at radius 3 is 2.50 bits per heavy atom. The maximum atomic E-state index is 10.3. The number of carbonyl (C=O) groups is 1. The monoisotopic (exact) mass is 220 g/mol. The molecule has 3 heteroatoms. The van der Waals surface area contributed by atoms with Crippen LogP contribution in [-0.4, -0.2) is 16.2 Å². The third-order valence-corrected chi connectivity index (χ3v) is 2.30. The zero-order valence-electron chi connectivity index (χ0n) is 9.26. The van der Waals surface area contributed by atoms with Crippen molar-refractivity contribution in [2.45, 2.75) is 25.9 Å². The molecule has 2 N–H and O–H groups in total. The molecule has 1 unspecified atom stereocenters. The van der Waals surface area contributed by atoms with E-state index in [9.17, 15) is 9.90 Å². The van der Waals surface area contributed by atoms with Gasteiger partial charge in [0, 0.05) is 6.08 Å². The van der Waals surface area contributed by atoms with Gasteiger partial charge in [0.05, 0.1) is 6.10 Å². The molecule has 0 saturated heterocycles. The van der Waals surface area contributed by atoms with Crippen molar-refractivity contribution < 1.29 is 15.0 Å². The van der Waals surface area contributed by atoms with Gasteiger partial charge in [-0.15, -0.1) is 0 Å². The molecule has 1 rings (SSSR count). The first-order valence-electron chi connectivity index (χ1n) is 5.32. The summed E-state index contributed by atoms with van der Waals surface area (Å²) in [6.45, 7) is 2.02. The molecule has 1 aromatic carbocycles. The maximum Gasteiger partial charge on any atom is 0.328 e. The predicted octanol–water partition coefficient (Wildman–Crippen LogP) is 2.62. The summed E-state index contributed by atoms with van der Waals surface area (Å²) < 4.78 is 0. The standard InChI is InChI=1S/C13H16O3/c1-2-3-12(14)11-7-4-10(5-8-11)6-9-13(15)16/h4-9,12,14H,2-3H2,1H3,(H,15,16)/b9-6+. The van der Waals surface area contributed by atoms with Crippen molar-refractivity contribution in [1.29, 1.82) is 0 Å². The van der Waals surface area contributed by atoms with E-state index in [0.717, 1.165) is 30.0 Å². The van der Waals surface area contributed by atoms with Crippen molar-refractivity contribution >= 4 is 12.0 Å². The third kappa shape index (κ3) is 3.87.